The van der Waals surface area contributed by atoms with E-state index in [-0.39, 0.29) is 24.5 Å². The molecule has 0 aliphatic carbocycles. The Balaban J connectivity index is 1.83. The van der Waals surface area contributed by atoms with Gasteiger partial charge in [-0.1, -0.05) is 24.3 Å². The van der Waals surface area contributed by atoms with Gasteiger partial charge in [0.15, 0.2) is 11.9 Å². The molecule has 0 aromatic heterocycles. The number of ether oxygens (including phenoxy) is 3. The lowest BCUT2D eigenvalue weighted by Crippen LogP contribution is -2.47. The second-order valence-corrected chi connectivity index (χ2v) is 13.6. The van der Waals surface area contributed by atoms with Crippen LogP contribution in [0.4, 0.5) is 0 Å². The first-order valence-electron chi connectivity index (χ1n) is 11.8. The lowest BCUT2D eigenvalue weighted by Gasteiger charge is -2.38. The molecule has 35 heavy (non-hydrogen) atoms. The van der Waals surface area contributed by atoms with Crippen molar-refractivity contribution in [2.75, 3.05) is 26.3 Å². The molecule has 0 saturated carbocycles. The van der Waals surface area contributed by atoms with Gasteiger partial charge in [0.25, 0.3) is 5.91 Å². The molecule has 10 heteroatoms. The van der Waals surface area contributed by atoms with E-state index in [1.807, 2.05) is 51.7 Å². The Labute approximate surface area is 224 Å². The van der Waals surface area contributed by atoms with Gasteiger partial charge < -0.3 is 19.1 Å². The maximum absolute atomic E-state index is 13.2. The van der Waals surface area contributed by atoms with E-state index in [2.05, 4.69) is 27.2 Å². The molecule has 1 aromatic rings. The van der Waals surface area contributed by atoms with E-state index in [1.165, 1.54) is 0 Å². The summed E-state index contributed by atoms with van der Waals surface area (Å²) in [6.45, 7) is 14.9. The van der Waals surface area contributed by atoms with Crippen molar-refractivity contribution in [3.63, 3.8) is 0 Å². The second kappa shape index (κ2) is 11.6. The van der Waals surface area contributed by atoms with E-state index in [9.17, 15) is 9.00 Å². The van der Waals surface area contributed by atoms with Gasteiger partial charge in [-0.15, -0.1) is 0 Å². The third-order valence-corrected chi connectivity index (χ3v) is 8.92. The third kappa shape index (κ3) is 7.29. The fourth-order valence-corrected chi connectivity index (χ4v) is 5.63. The molecule has 2 fully saturated rings. The first-order valence-corrected chi connectivity index (χ1v) is 14.2. The molecule has 2 aliphatic rings. The standard InChI is InChI=1S/C25H36BrClN2O5S/c1-7-12-32-20-14-18(26)19(27)13-17(20)22(28-35(31)24(2,3)4)16-8-10-29(11-9-16)23(30)21-15-33-25(5,6)34-21/h7,13-14,16,21-22,28H,1,8-12,15H2,2-6H3/t21-,22-,35+/m1/s1. The minimum absolute atomic E-state index is 0.0431. The summed E-state index contributed by atoms with van der Waals surface area (Å²) >= 11 is 9.96. The molecule has 2 aliphatic heterocycles. The Bertz CT molecular complexity index is 960. The van der Waals surface area contributed by atoms with E-state index in [1.54, 1.807) is 6.08 Å². The van der Waals surface area contributed by atoms with E-state index >= 15 is 0 Å². The normalized spacial score (nSPS) is 22.6. The van der Waals surface area contributed by atoms with Crippen molar-refractivity contribution in [1.82, 2.24) is 9.62 Å². The molecular formula is C25H36BrClN2O5S. The van der Waals surface area contributed by atoms with Crippen LogP contribution in [-0.4, -0.2) is 58.0 Å². The summed E-state index contributed by atoms with van der Waals surface area (Å²) in [5.74, 6) is -0.0147. The zero-order valence-electron chi connectivity index (χ0n) is 21.1. The Morgan fingerprint density at radius 3 is 2.60 bits per heavy atom. The quantitative estimate of drug-likeness (QED) is 0.423. The van der Waals surface area contributed by atoms with Crippen LogP contribution >= 0.6 is 27.5 Å². The monoisotopic (exact) mass is 590 g/mol. The Morgan fingerprint density at radius 1 is 1.40 bits per heavy atom. The minimum Gasteiger partial charge on any atom is -0.489 e. The molecule has 196 valence electrons. The number of carbonyl (C=O) groups is 1. The Hall–Kier alpha value is -0.970. The lowest BCUT2D eigenvalue weighted by atomic mass is 9.85. The smallest absolute Gasteiger partial charge is 0.254 e. The van der Waals surface area contributed by atoms with Crippen molar-refractivity contribution in [1.29, 1.82) is 0 Å². The number of hydrogen-bond donors (Lipinski definition) is 1. The van der Waals surface area contributed by atoms with Crippen molar-refractivity contribution in [2.45, 2.75) is 70.1 Å². The summed E-state index contributed by atoms with van der Waals surface area (Å²) in [6, 6.07) is 3.43. The topological polar surface area (TPSA) is 77.1 Å². The molecule has 2 saturated heterocycles. The number of nitrogens with zero attached hydrogens (tertiary/aromatic N) is 1. The SMILES string of the molecule is C=CCOc1cc(Br)c(Cl)cc1[C@H](N[S@@](=O)C(C)(C)C)C1CCN(C(=O)[C@H]2COC(C)(C)O2)CC1. The van der Waals surface area contributed by atoms with Crippen molar-refractivity contribution in [2.24, 2.45) is 5.92 Å². The molecule has 3 rings (SSSR count). The summed E-state index contributed by atoms with van der Waals surface area (Å²) in [7, 11) is -1.32. The van der Waals surface area contributed by atoms with Gasteiger partial charge in [0.1, 0.15) is 12.4 Å². The number of nitrogens with one attached hydrogen (secondary N) is 1. The van der Waals surface area contributed by atoms with Crippen LogP contribution in [0.25, 0.3) is 0 Å². The third-order valence-electron chi connectivity index (χ3n) is 6.14. The fourth-order valence-electron chi connectivity index (χ4n) is 4.23. The van der Waals surface area contributed by atoms with Gasteiger partial charge in [-0.2, -0.15) is 0 Å². The van der Waals surface area contributed by atoms with Crippen molar-refractivity contribution >= 4 is 44.4 Å². The molecule has 1 N–H and O–H groups in total. The number of carbonyl (C=O) groups excluding carboxylic acids is 1. The maximum atomic E-state index is 13.2. The number of benzene rings is 1. The predicted octanol–water partition coefficient (Wildman–Crippen LogP) is 5.15. The molecule has 0 unspecified atom stereocenters. The van der Waals surface area contributed by atoms with Crippen LogP contribution in [0.2, 0.25) is 5.02 Å². The lowest BCUT2D eigenvalue weighted by molar-refractivity contribution is -0.161. The molecule has 0 bridgehead atoms. The van der Waals surface area contributed by atoms with Crippen molar-refractivity contribution < 1.29 is 23.2 Å². The zero-order valence-corrected chi connectivity index (χ0v) is 24.2. The molecule has 1 aromatic carbocycles. The summed E-state index contributed by atoms with van der Waals surface area (Å²) in [5, 5.41) is 0.549. The molecule has 0 spiro atoms. The summed E-state index contributed by atoms with van der Waals surface area (Å²) < 4.78 is 34.1. The highest BCUT2D eigenvalue weighted by atomic mass is 79.9. The van der Waals surface area contributed by atoms with Crippen molar-refractivity contribution in [3.8, 4) is 5.75 Å². The highest BCUT2D eigenvalue weighted by Gasteiger charge is 2.41. The number of piperidine rings is 1. The van der Waals surface area contributed by atoms with E-state index in [0.717, 1.165) is 22.9 Å². The fraction of sp³-hybridized carbons (Fsp3) is 0.640. The van der Waals surface area contributed by atoms with Gasteiger partial charge in [-0.25, -0.2) is 8.93 Å². The van der Waals surface area contributed by atoms with Crippen LogP contribution in [-0.2, 0) is 25.3 Å². The van der Waals surface area contributed by atoms with Gasteiger partial charge in [-0.05, 0) is 81.4 Å². The number of amides is 1. The van der Waals surface area contributed by atoms with Gasteiger partial charge in [0.2, 0.25) is 0 Å². The van der Waals surface area contributed by atoms with Crippen LogP contribution in [0.5, 0.6) is 5.75 Å². The van der Waals surface area contributed by atoms with E-state index < -0.39 is 27.6 Å². The van der Waals surface area contributed by atoms with E-state index in [0.29, 0.717) is 30.5 Å². The highest BCUT2D eigenvalue weighted by molar-refractivity contribution is 9.10. The summed E-state index contributed by atoms with van der Waals surface area (Å²) in [4.78, 5) is 14.8. The maximum Gasteiger partial charge on any atom is 0.254 e. The summed E-state index contributed by atoms with van der Waals surface area (Å²) in [6.07, 6.45) is 2.57. The van der Waals surface area contributed by atoms with Crippen LogP contribution in [0, 0.1) is 5.92 Å². The molecule has 3 atom stereocenters. The van der Waals surface area contributed by atoms with Crippen LogP contribution in [0.3, 0.4) is 0 Å². The average Bonchev–Trinajstić information content (AvgIpc) is 3.16. The van der Waals surface area contributed by atoms with Crippen LogP contribution in [0.1, 0.15) is 59.1 Å². The zero-order chi connectivity index (χ0) is 26.0. The number of halogens is 2. The molecular weight excluding hydrogens is 556 g/mol. The second-order valence-electron chi connectivity index (χ2n) is 10.4. The largest absolute Gasteiger partial charge is 0.489 e. The average molecular weight is 592 g/mol. The first-order chi connectivity index (χ1) is 16.3. The molecule has 2 heterocycles. The van der Waals surface area contributed by atoms with Gasteiger partial charge in [0, 0.05) is 23.1 Å². The number of likely N-dealkylation sites (tertiary alicyclic amines) is 1. The van der Waals surface area contributed by atoms with Gasteiger partial charge in [-0.3, -0.25) is 4.79 Å². The first kappa shape index (κ1) is 28.6. The van der Waals surface area contributed by atoms with Gasteiger partial charge in [0.05, 0.1) is 33.4 Å². The molecule has 0 radical (unpaired) electrons. The molecule has 7 nitrogen and oxygen atoms in total. The Morgan fingerprint density at radius 2 is 2.06 bits per heavy atom. The van der Waals surface area contributed by atoms with Crippen molar-refractivity contribution in [3.05, 3.63) is 39.8 Å². The van der Waals surface area contributed by atoms with Crippen LogP contribution < -0.4 is 9.46 Å². The minimum atomic E-state index is -1.32. The predicted molar refractivity (Wildman–Crippen MR) is 143 cm³/mol. The Kier molecular flexibility index (Phi) is 9.48. The number of hydrogen-bond acceptors (Lipinski definition) is 5. The molecule has 1 amide bonds. The number of rotatable bonds is 8. The van der Waals surface area contributed by atoms with E-state index in [4.69, 9.17) is 25.8 Å². The highest BCUT2D eigenvalue weighted by Crippen LogP contribution is 2.41. The van der Waals surface area contributed by atoms with Gasteiger partial charge >= 0.3 is 0 Å². The van der Waals surface area contributed by atoms with Crippen LogP contribution in [0.15, 0.2) is 29.3 Å². The summed E-state index contributed by atoms with van der Waals surface area (Å²) in [5.41, 5.74) is 0.844.